The van der Waals surface area contributed by atoms with Crippen LogP contribution in [0.15, 0.2) is 31.6 Å². The van der Waals surface area contributed by atoms with Gasteiger partial charge in [0.15, 0.2) is 0 Å². The van der Waals surface area contributed by atoms with Crippen molar-refractivity contribution in [2.24, 2.45) is 0 Å². The molecule has 3 nitrogen and oxygen atoms in total. The fraction of sp³-hybridized carbons (Fsp3) is 0.385. The third-order valence-corrected chi connectivity index (χ3v) is 4.17. The van der Waals surface area contributed by atoms with Crippen molar-refractivity contribution in [2.75, 3.05) is 0 Å². The lowest BCUT2D eigenvalue weighted by Gasteiger charge is -2.01. The van der Waals surface area contributed by atoms with Crippen LogP contribution in [0.1, 0.15) is 37.5 Å². The summed E-state index contributed by atoms with van der Waals surface area (Å²) in [4.78, 5) is 0. The Morgan fingerprint density at radius 3 is 2.33 bits per heavy atom. The summed E-state index contributed by atoms with van der Waals surface area (Å²) in [5, 5.41) is 8.34. The molecule has 0 amide bonds. The molecular weight excluding hydrogens is 360 g/mol. The lowest BCUT2D eigenvalue weighted by atomic mass is 10.1. The van der Waals surface area contributed by atoms with Gasteiger partial charge in [-0.25, -0.2) is 0 Å². The van der Waals surface area contributed by atoms with Crippen molar-refractivity contribution in [3.63, 3.8) is 0 Å². The van der Waals surface area contributed by atoms with Crippen LogP contribution in [0.3, 0.4) is 0 Å². The summed E-state index contributed by atoms with van der Waals surface area (Å²) in [5.74, 6) is 1.85. The second-order valence-corrected chi connectivity index (χ2v) is 6.42. The quantitative estimate of drug-likeness (QED) is 0.752. The van der Waals surface area contributed by atoms with Gasteiger partial charge in [-0.15, -0.1) is 10.2 Å². The fourth-order valence-electron chi connectivity index (χ4n) is 2.37. The molecule has 0 spiro atoms. The highest BCUT2D eigenvalue weighted by atomic mass is 79.9. The molecule has 94 valence electrons. The molecule has 1 aliphatic rings. The third-order valence-electron chi connectivity index (χ3n) is 3.25. The summed E-state index contributed by atoms with van der Waals surface area (Å²) in [6, 6.07) is 5.95. The average Bonchev–Trinajstić information content (AvgIpc) is 2.99. The van der Waals surface area contributed by atoms with Gasteiger partial charge in [0.1, 0.15) is 0 Å². The maximum absolute atomic E-state index is 5.80. The van der Waals surface area contributed by atoms with E-state index < -0.39 is 0 Å². The fourth-order valence-corrected chi connectivity index (χ4v) is 3.66. The van der Waals surface area contributed by atoms with E-state index in [1.54, 1.807) is 0 Å². The van der Waals surface area contributed by atoms with Gasteiger partial charge < -0.3 is 4.42 Å². The van der Waals surface area contributed by atoms with Gasteiger partial charge >= 0.3 is 0 Å². The van der Waals surface area contributed by atoms with E-state index in [-0.39, 0.29) is 0 Å². The molecule has 18 heavy (non-hydrogen) atoms. The van der Waals surface area contributed by atoms with Crippen LogP contribution in [0.4, 0.5) is 0 Å². The molecule has 0 atom stereocenters. The summed E-state index contributed by atoms with van der Waals surface area (Å²) < 4.78 is 7.79. The Hall–Kier alpha value is -0.680. The van der Waals surface area contributed by atoms with Crippen molar-refractivity contribution in [3.05, 3.63) is 33.0 Å². The first-order valence-electron chi connectivity index (χ1n) is 6.02. The van der Waals surface area contributed by atoms with Gasteiger partial charge in [0.05, 0.1) is 0 Å². The maximum atomic E-state index is 5.80. The van der Waals surface area contributed by atoms with Crippen LogP contribution in [0.5, 0.6) is 0 Å². The van der Waals surface area contributed by atoms with E-state index in [1.807, 2.05) is 18.2 Å². The summed E-state index contributed by atoms with van der Waals surface area (Å²) in [7, 11) is 0. The van der Waals surface area contributed by atoms with Gasteiger partial charge in [0.2, 0.25) is 11.8 Å². The van der Waals surface area contributed by atoms with Crippen LogP contribution in [-0.2, 0) is 0 Å². The number of halogens is 2. The molecule has 1 fully saturated rings. The molecule has 5 heteroatoms. The van der Waals surface area contributed by atoms with Crippen LogP contribution in [-0.4, -0.2) is 10.2 Å². The van der Waals surface area contributed by atoms with Crippen LogP contribution in [0, 0.1) is 0 Å². The van der Waals surface area contributed by atoms with E-state index in [4.69, 9.17) is 4.42 Å². The van der Waals surface area contributed by atoms with Crippen LogP contribution in [0.25, 0.3) is 11.5 Å². The number of hydrogen-bond donors (Lipinski definition) is 0. The van der Waals surface area contributed by atoms with Crippen molar-refractivity contribution in [1.29, 1.82) is 0 Å². The van der Waals surface area contributed by atoms with Gasteiger partial charge in [-0.2, -0.15) is 0 Å². The number of rotatable bonds is 2. The summed E-state index contributed by atoms with van der Waals surface area (Å²) in [6.07, 6.45) is 4.88. The Morgan fingerprint density at radius 2 is 1.67 bits per heavy atom. The van der Waals surface area contributed by atoms with Gasteiger partial charge in [-0.05, 0) is 31.0 Å². The highest BCUT2D eigenvalue weighted by molar-refractivity contribution is 9.11. The van der Waals surface area contributed by atoms with E-state index in [1.165, 1.54) is 25.7 Å². The normalized spacial score (nSPS) is 16.3. The Balaban J connectivity index is 1.92. The molecule has 0 saturated heterocycles. The molecule has 1 heterocycles. The molecule has 0 N–H and O–H groups in total. The second-order valence-electron chi connectivity index (χ2n) is 4.58. The number of benzene rings is 1. The summed E-state index contributed by atoms with van der Waals surface area (Å²) in [6.45, 7) is 0. The lowest BCUT2D eigenvalue weighted by Crippen LogP contribution is -1.91. The predicted octanol–water partition coefficient (Wildman–Crippen LogP) is 4.92. The van der Waals surface area contributed by atoms with Gasteiger partial charge in [-0.1, -0.05) is 44.7 Å². The first kappa shape index (κ1) is 12.4. The lowest BCUT2D eigenvalue weighted by molar-refractivity contribution is 0.457. The Morgan fingerprint density at radius 1 is 1.00 bits per heavy atom. The van der Waals surface area contributed by atoms with E-state index in [0.717, 1.165) is 20.4 Å². The van der Waals surface area contributed by atoms with Crippen LogP contribution >= 0.6 is 31.9 Å². The molecule has 1 aliphatic carbocycles. The number of nitrogens with zero attached hydrogens (tertiary/aromatic N) is 2. The smallest absolute Gasteiger partial charge is 0.247 e. The highest BCUT2D eigenvalue weighted by Gasteiger charge is 2.23. The standard InChI is InChI=1S/C13H12Br2N2O/c14-10-5-9(6-11(15)7-10)13-17-16-12(18-13)8-3-1-2-4-8/h5-8H,1-4H2. The largest absolute Gasteiger partial charge is 0.420 e. The predicted molar refractivity (Wildman–Crippen MR) is 76.3 cm³/mol. The van der Waals surface area contributed by atoms with Crippen molar-refractivity contribution >= 4 is 31.9 Å². The van der Waals surface area contributed by atoms with Crippen molar-refractivity contribution in [3.8, 4) is 11.5 Å². The molecule has 0 aliphatic heterocycles. The summed E-state index contributed by atoms with van der Waals surface area (Å²) >= 11 is 6.93. The molecule has 3 rings (SSSR count). The van der Waals surface area contributed by atoms with E-state index in [2.05, 4.69) is 42.1 Å². The van der Waals surface area contributed by atoms with E-state index in [9.17, 15) is 0 Å². The SMILES string of the molecule is Brc1cc(Br)cc(-c2nnc(C3CCCC3)o2)c1. The Bertz CT molecular complexity index is 542. The summed E-state index contributed by atoms with van der Waals surface area (Å²) in [5.41, 5.74) is 0.938. The highest BCUT2D eigenvalue weighted by Crippen LogP contribution is 2.35. The molecule has 0 bridgehead atoms. The third kappa shape index (κ3) is 2.52. The minimum Gasteiger partial charge on any atom is -0.420 e. The van der Waals surface area contributed by atoms with Crippen molar-refractivity contribution < 1.29 is 4.42 Å². The first-order valence-corrected chi connectivity index (χ1v) is 7.61. The molecule has 2 aromatic rings. The number of hydrogen-bond acceptors (Lipinski definition) is 3. The van der Waals surface area contributed by atoms with E-state index >= 15 is 0 Å². The number of aromatic nitrogens is 2. The zero-order valence-electron chi connectivity index (χ0n) is 9.70. The van der Waals surface area contributed by atoms with E-state index in [0.29, 0.717) is 11.8 Å². The van der Waals surface area contributed by atoms with Gasteiger partial charge in [0.25, 0.3) is 0 Å². The Labute approximate surface area is 122 Å². The van der Waals surface area contributed by atoms with Crippen LogP contribution < -0.4 is 0 Å². The van der Waals surface area contributed by atoms with Crippen molar-refractivity contribution in [2.45, 2.75) is 31.6 Å². The average molecular weight is 372 g/mol. The van der Waals surface area contributed by atoms with Crippen molar-refractivity contribution in [1.82, 2.24) is 10.2 Å². The van der Waals surface area contributed by atoms with Gasteiger partial charge in [0, 0.05) is 20.4 Å². The topological polar surface area (TPSA) is 38.9 Å². The zero-order chi connectivity index (χ0) is 12.5. The van der Waals surface area contributed by atoms with Gasteiger partial charge in [-0.3, -0.25) is 0 Å². The molecular formula is C13H12Br2N2O. The monoisotopic (exact) mass is 370 g/mol. The second kappa shape index (κ2) is 5.13. The minimum atomic E-state index is 0.460. The Kier molecular flexibility index (Phi) is 3.52. The molecule has 1 aromatic carbocycles. The maximum Gasteiger partial charge on any atom is 0.247 e. The molecule has 0 radical (unpaired) electrons. The van der Waals surface area contributed by atoms with Crippen LogP contribution in [0.2, 0.25) is 0 Å². The molecule has 0 unspecified atom stereocenters. The zero-order valence-corrected chi connectivity index (χ0v) is 12.9. The minimum absolute atomic E-state index is 0.460. The molecule has 1 aromatic heterocycles. The first-order chi connectivity index (χ1) is 8.72. The molecule has 1 saturated carbocycles.